The van der Waals surface area contributed by atoms with Crippen LogP contribution in [0.2, 0.25) is 0 Å². The summed E-state index contributed by atoms with van der Waals surface area (Å²) in [5, 5.41) is 4.87. The lowest BCUT2D eigenvalue weighted by atomic mass is 10.3. The largest absolute Gasteiger partial charge is 0.357 e. The Bertz CT molecular complexity index is 734. The van der Waals surface area contributed by atoms with E-state index in [1.54, 1.807) is 6.20 Å². The van der Waals surface area contributed by atoms with E-state index in [9.17, 15) is 13.6 Å². The van der Waals surface area contributed by atoms with Crippen LogP contribution in [0.25, 0.3) is 0 Å². The number of benzene rings is 1. The number of aromatic nitrogens is 2. The minimum atomic E-state index is -0.836. The Morgan fingerprint density at radius 2 is 2.00 bits per heavy atom. The van der Waals surface area contributed by atoms with Gasteiger partial charge in [0.1, 0.15) is 23.3 Å². The van der Waals surface area contributed by atoms with Crippen LogP contribution in [0.3, 0.4) is 0 Å². The normalized spacial score (nSPS) is 13.8. The first kappa shape index (κ1) is 16.1. The number of nitrogens with zero attached hydrogens (tertiary/aromatic N) is 3. The standard InChI is InChI=1S/C16H17F2N5O/c17-11-3-4-13(12(18)9-11)21-16(24)20-10-14-19-6-5-15(22-14)23-7-1-2-8-23/h3-6,9H,1-2,7-8,10H2,(H2,20,21,24). The van der Waals surface area contributed by atoms with E-state index in [0.717, 1.165) is 43.9 Å². The van der Waals surface area contributed by atoms with Crippen molar-refractivity contribution in [1.29, 1.82) is 0 Å². The van der Waals surface area contributed by atoms with Gasteiger partial charge in [-0.1, -0.05) is 0 Å². The van der Waals surface area contributed by atoms with Gasteiger partial charge in [-0.15, -0.1) is 0 Å². The molecule has 1 aromatic carbocycles. The number of carbonyl (C=O) groups excluding carboxylic acids is 1. The summed E-state index contributed by atoms with van der Waals surface area (Å²) in [6, 6.07) is 4.16. The molecule has 1 aliphatic heterocycles. The van der Waals surface area contributed by atoms with E-state index in [1.807, 2.05) is 6.07 Å². The van der Waals surface area contributed by atoms with Crippen molar-refractivity contribution in [2.45, 2.75) is 19.4 Å². The molecule has 126 valence electrons. The molecule has 1 fully saturated rings. The highest BCUT2D eigenvalue weighted by atomic mass is 19.1. The van der Waals surface area contributed by atoms with Crippen LogP contribution >= 0.6 is 0 Å². The molecule has 1 aliphatic rings. The number of halogens is 2. The van der Waals surface area contributed by atoms with E-state index >= 15 is 0 Å². The van der Waals surface area contributed by atoms with E-state index in [2.05, 4.69) is 25.5 Å². The fourth-order valence-electron chi connectivity index (χ4n) is 2.51. The Morgan fingerprint density at radius 1 is 1.21 bits per heavy atom. The molecule has 0 spiro atoms. The molecule has 6 nitrogen and oxygen atoms in total. The van der Waals surface area contributed by atoms with Crippen LogP contribution in [0.1, 0.15) is 18.7 Å². The van der Waals surface area contributed by atoms with Crippen molar-refractivity contribution in [1.82, 2.24) is 15.3 Å². The summed E-state index contributed by atoms with van der Waals surface area (Å²) in [6.45, 7) is 2.04. The predicted molar refractivity (Wildman–Crippen MR) is 85.7 cm³/mol. The van der Waals surface area contributed by atoms with Gasteiger partial charge in [0.15, 0.2) is 0 Å². The molecule has 3 rings (SSSR count). The number of carbonyl (C=O) groups is 1. The first-order valence-corrected chi connectivity index (χ1v) is 7.68. The Kier molecular flexibility index (Phi) is 4.83. The fourth-order valence-corrected chi connectivity index (χ4v) is 2.51. The maximum absolute atomic E-state index is 13.5. The minimum Gasteiger partial charge on any atom is -0.357 e. The van der Waals surface area contributed by atoms with Crippen molar-refractivity contribution in [3.8, 4) is 0 Å². The lowest BCUT2D eigenvalue weighted by molar-refractivity contribution is 0.251. The Hall–Kier alpha value is -2.77. The van der Waals surface area contributed by atoms with Gasteiger partial charge in [0.05, 0.1) is 12.2 Å². The molecule has 0 aliphatic carbocycles. The Labute approximate surface area is 137 Å². The second-order valence-corrected chi connectivity index (χ2v) is 5.46. The summed E-state index contributed by atoms with van der Waals surface area (Å²) in [6.07, 6.45) is 3.93. The zero-order valence-electron chi connectivity index (χ0n) is 12.9. The van der Waals surface area contributed by atoms with E-state index in [0.29, 0.717) is 11.9 Å². The summed E-state index contributed by atoms with van der Waals surface area (Å²) in [7, 11) is 0. The van der Waals surface area contributed by atoms with E-state index in [4.69, 9.17) is 0 Å². The molecule has 0 saturated carbocycles. The van der Waals surface area contributed by atoms with E-state index in [-0.39, 0.29) is 12.2 Å². The SMILES string of the molecule is O=C(NCc1nccc(N2CCCC2)n1)Nc1ccc(F)cc1F. The summed E-state index contributed by atoms with van der Waals surface area (Å²) in [4.78, 5) is 22.5. The van der Waals surface area contributed by atoms with Crippen LogP contribution in [0, 0.1) is 11.6 Å². The average molecular weight is 333 g/mol. The van der Waals surface area contributed by atoms with Gasteiger partial charge in [-0.25, -0.2) is 23.5 Å². The van der Waals surface area contributed by atoms with Gasteiger partial charge in [-0.05, 0) is 31.0 Å². The Balaban J connectivity index is 1.57. The smallest absolute Gasteiger partial charge is 0.319 e. The second kappa shape index (κ2) is 7.20. The summed E-state index contributed by atoms with van der Waals surface area (Å²) >= 11 is 0. The molecular formula is C16H17F2N5O. The molecule has 8 heteroatoms. The summed E-state index contributed by atoms with van der Waals surface area (Å²) in [5.74, 6) is -0.235. The number of rotatable bonds is 4. The highest BCUT2D eigenvalue weighted by Gasteiger charge is 2.14. The van der Waals surface area contributed by atoms with Crippen LogP contribution in [0.15, 0.2) is 30.5 Å². The maximum atomic E-state index is 13.5. The number of anilines is 2. The number of amides is 2. The van der Waals surface area contributed by atoms with Crippen molar-refractivity contribution in [2.24, 2.45) is 0 Å². The molecule has 2 amide bonds. The van der Waals surface area contributed by atoms with E-state index < -0.39 is 17.7 Å². The van der Waals surface area contributed by atoms with Crippen LogP contribution < -0.4 is 15.5 Å². The molecule has 0 atom stereocenters. The third-order valence-electron chi connectivity index (χ3n) is 3.71. The molecule has 0 bridgehead atoms. The average Bonchev–Trinajstić information content (AvgIpc) is 3.10. The van der Waals surface area contributed by atoms with Crippen molar-refractivity contribution in [3.05, 3.63) is 47.9 Å². The van der Waals surface area contributed by atoms with Gasteiger partial charge in [-0.3, -0.25) is 0 Å². The highest BCUT2D eigenvalue weighted by Crippen LogP contribution is 2.17. The van der Waals surface area contributed by atoms with Gasteiger partial charge >= 0.3 is 6.03 Å². The summed E-state index contributed by atoms with van der Waals surface area (Å²) in [5.41, 5.74) is -0.0966. The highest BCUT2D eigenvalue weighted by molar-refractivity contribution is 5.89. The van der Waals surface area contributed by atoms with Crippen LogP contribution in [-0.2, 0) is 6.54 Å². The third kappa shape index (κ3) is 3.95. The first-order chi connectivity index (χ1) is 11.6. The van der Waals surface area contributed by atoms with Crippen molar-refractivity contribution in [3.63, 3.8) is 0 Å². The molecule has 2 heterocycles. The molecule has 1 aromatic heterocycles. The molecule has 2 aromatic rings. The molecule has 0 unspecified atom stereocenters. The number of nitrogens with one attached hydrogen (secondary N) is 2. The molecule has 2 N–H and O–H groups in total. The number of urea groups is 1. The molecule has 24 heavy (non-hydrogen) atoms. The third-order valence-corrected chi connectivity index (χ3v) is 3.71. The summed E-state index contributed by atoms with van der Waals surface area (Å²) < 4.78 is 26.3. The first-order valence-electron chi connectivity index (χ1n) is 7.68. The second-order valence-electron chi connectivity index (χ2n) is 5.46. The van der Waals surface area contributed by atoms with Gasteiger partial charge in [0.25, 0.3) is 0 Å². The quantitative estimate of drug-likeness (QED) is 0.902. The Morgan fingerprint density at radius 3 is 2.75 bits per heavy atom. The monoisotopic (exact) mass is 333 g/mol. The fraction of sp³-hybridized carbons (Fsp3) is 0.312. The van der Waals surface area contributed by atoms with Crippen molar-refractivity contribution < 1.29 is 13.6 Å². The zero-order chi connectivity index (χ0) is 16.9. The topological polar surface area (TPSA) is 70.2 Å². The number of hydrogen-bond acceptors (Lipinski definition) is 4. The van der Waals surface area contributed by atoms with Crippen molar-refractivity contribution >= 4 is 17.5 Å². The minimum absolute atomic E-state index is 0.0966. The lowest BCUT2D eigenvalue weighted by Crippen LogP contribution is -2.29. The molecule has 1 saturated heterocycles. The van der Waals surface area contributed by atoms with Crippen molar-refractivity contribution in [2.75, 3.05) is 23.3 Å². The maximum Gasteiger partial charge on any atom is 0.319 e. The zero-order valence-corrected chi connectivity index (χ0v) is 12.9. The van der Waals surface area contributed by atoms with Crippen LogP contribution in [0.5, 0.6) is 0 Å². The number of hydrogen-bond donors (Lipinski definition) is 2. The lowest BCUT2D eigenvalue weighted by Gasteiger charge is -2.16. The van der Waals surface area contributed by atoms with E-state index in [1.165, 1.54) is 0 Å². The van der Waals surface area contributed by atoms with Crippen LogP contribution in [-0.4, -0.2) is 29.1 Å². The molecular weight excluding hydrogens is 316 g/mol. The van der Waals surface area contributed by atoms with Crippen LogP contribution in [0.4, 0.5) is 25.1 Å². The van der Waals surface area contributed by atoms with Gasteiger partial charge in [0, 0.05) is 25.4 Å². The van der Waals surface area contributed by atoms with Gasteiger partial charge in [-0.2, -0.15) is 0 Å². The predicted octanol–water partition coefficient (Wildman–Crippen LogP) is 2.68. The van der Waals surface area contributed by atoms with Gasteiger partial charge < -0.3 is 15.5 Å². The molecule has 0 radical (unpaired) electrons. The van der Waals surface area contributed by atoms with Gasteiger partial charge in [0.2, 0.25) is 0 Å².